The standard InChI is InChI=1S/C21H22N2O5/c1-2-9-22-18(24)11-23-19(25)13-28-20(26)10-15-12-27-17-8-7-14-5-3-4-6-16(14)21(15)17/h3-8,12H,2,9-11,13H2,1H3,(H,22,24)(H,23,25). The minimum Gasteiger partial charge on any atom is -0.464 e. The molecule has 0 aliphatic rings. The second-order valence-electron chi connectivity index (χ2n) is 6.38. The van der Waals surface area contributed by atoms with Gasteiger partial charge in [0.2, 0.25) is 5.91 Å². The van der Waals surface area contributed by atoms with Gasteiger partial charge in [0.25, 0.3) is 5.91 Å². The number of furan rings is 1. The summed E-state index contributed by atoms with van der Waals surface area (Å²) in [5.74, 6) is -1.35. The van der Waals surface area contributed by atoms with Crippen molar-refractivity contribution in [3.8, 4) is 0 Å². The molecule has 2 N–H and O–H groups in total. The summed E-state index contributed by atoms with van der Waals surface area (Å²) in [7, 11) is 0. The smallest absolute Gasteiger partial charge is 0.310 e. The van der Waals surface area contributed by atoms with E-state index in [1.807, 2.05) is 43.3 Å². The van der Waals surface area contributed by atoms with Gasteiger partial charge in [0.05, 0.1) is 19.2 Å². The average molecular weight is 382 g/mol. The van der Waals surface area contributed by atoms with Gasteiger partial charge < -0.3 is 19.8 Å². The summed E-state index contributed by atoms with van der Waals surface area (Å²) >= 11 is 0. The highest BCUT2D eigenvalue weighted by Gasteiger charge is 2.15. The first-order valence-corrected chi connectivity index (χ1v) is 9.15. The number of hydrogen-bond acceptors (Lipinski definition) is 5. The van der Waals surface area contributed by atoms with Gasteiger partial charge in [-0.2, -0.15) is 0 Å². The van der Waals surface area contributed by atoms with Crippen molar-refractivity contribution in [3.63, 3.8) is 0 Å². The van der Waals surface area contributed by atoms with Crippen molar-refractivity contribution in [1.29, 1.82) is 0 Å². The zero-order valence-corrected chi connectivity index (χ0v) is 15.6. The van der Waals surface area contributed by atoms with Crippen LogP contribution in [0, 0.1) is 0 Å². The van der Waals surface area contributed by atoms with E-state index in [-0.39, 0.29) is 18.9 Å². The number of nitrogens with one attached hydrogen (secondary N) is 2. The van der Waals surface area contributed by atoms with Crippen molar-refractivity contribution in [3.05, 3.63) is 48.2 Å². The predicted molar refractivity (Wildman–Crippen MR) is 105 cm³/mol. The van der Waals surface area contributed by atoms with E-state index in [2.05, 4.69) is 10.6 Å². The Morgan fingerprint density at radius 1 is 1.04 bits per heavy atom. The highest BCUT2D eigenvalue weighted by Crippen LogP contribution is 2.30. The first-order valence-electron chi connectivity index (χ1n) is 9.15. The van der Waals surface area contributed by atoms with Crippen LogP contribution in [-0.4, -0.2) is 37.5 Å². The van der Waals surface area contributed by atoms with E-state index < -0.39 is 18.5 Å². The quantitative estimate of drug-likeness (QED) is 0.583. The van der Waals surface area contributed by atoms with Crippen LogP contribution in [0.25, 0.3) is 21.7 Å². The molecule has 0 fully saturated rings. The van der Waals surface area contributed by atoms with E-state index in [9.17, 15) is 14.4 Å². The van der Waals surface area contributed by atoms with E-state index in [1.165, 1.54) is 6.26 Å². The maximum absolute atomic E-state index is 12.2. The highest BCUT2D eigenvalue weighted by atomic mass is 16.5. The third-order valence-electron chi connectivity index (χ3n) is 4.26. The number of hydrogen-bond donors (Lipinski definition) is 2. The van der Waals surface area contributed by atoms with Gasteiger partial charge in [0.1, 0.15) is 5.58 Å². The van der Waals surface area contributed by atoms with Gasteiger partial charge in [-0.1, -0.05) is 37.3 Å². The van der Waals surface area contributed by atoms with Crippen molar-refractivity contribution < 1.29 is 23.5 Å². The molecule has 1 heterocycles. The molecule has 28 heavy (non-hydrogen) atoms. The minimum absolute atomic E-state index is 0.00866. The SMILES string of the molecule is CCCNC(=O)CNC(=O)COC(=O)Cc1coc2ccc3ccccc3c12. The summed E-state index contributed by atoms with van der Waals surface area (Å²) in [6.07, 6.45) is 2.34. The normalized spacial score (nSPS) is 10.8. The van der Waals surface area contributed by atoms with Gasteiger partial charge in [-0.25, -0.2) is 0 Å². The van der Waals surface area contributed by atoms with Crippen molar-refractivity contribution in [2.45, 2.75) is 19.8 Å². The predicted octanol–water partition coefficient (Wildman–Crippen LogP) is 2.31. The fraction of sp³-hybridized carbons (Fsp3) is 0.286. The summed E-state index contributed by atoms with van der Waals surface area (Å²) in [6, 6.07) is 11.7. The molecule has 0 aliphatic carbocycles. The number of amides is 2. The third kappa shape index (κ3) is 4.68. The van der Waals surface area contributed by atoms with Gasteiger partial charge in [-0.15, -0.1) is 0 Å². The van der Waals surface area contributed by atoms with E-state index >= 15 is 0 Å². The monoisotopic (exact) mass is 382 g/mol. The molecule has 0 saturated carbocycles. The molecule has 3 aromatic rings. The Kier molecular flexibility index (Phi) is 6.26. The van der Waals surface area contributed by atoms with Crippen LogP contribution in [0.5, 0.6) is 0 Å². The molecule has 0 unspecified atom stereocenters. The Morgan fingerprint density at radius 3 is 2.68 bits per heavy atom. The molecule has 2 amide bonds. The zero-order chi connectivity index (χ0) is 19.9. The van der Waals surface area contributed by atoms with Crippen LogP contribution in [0.3, 0.4) is 0 Å². The lowest BCUT2D eigenvalue weighted by atomic mass is 10.0. The Balaban J connectivity index is 1.56. The van der Waals surface area contributed by atoms with Crippen LogP contribution in [-0.2, 0) is 25.5 Å². The van der Waals surface area contributed by atoms with E-state index in [1.54, 1.807) is 0 Å². The molecule has 0 saturated heterocycles. The summed E-state index contributed by atoms with van der Waals surface area (Å²) < 4.78 is 10.6. The van der Waals surface area contributed by atoms with E-state index in [0.29, 0.717) is 17.7 Å². The van der Waals surface area contributed by atoms with Crippen LogP contribution < -0.4 is 10.6 Å². The van der Waals surface area contributed by atoms with Gasteiger partial charge in [-0.05, 0) is 23.3 Å². The number of rotatable bonds is 8. The van der Waals surface area contributed by atoms with Crippen molar-refractivity contribution in [1.82, 2.24) is 10.6 Å². The van der Waals surface area contributed by atoms with E-state index in [4.69, 9.17) is 9.15 Å². The number of benzene rings is 2. The molecule has 0 radical (unpaired) electrons. The Labute approximate surface area is 162 Å². The lowest BCUT2D eigenvalue weighted by Crippen LogP contribution is -2.39. The summed E-state index contributed by atoms with van der Waals surface area (Å²) in [6.45, 7) is 1.91. The number of fused-ring (bicyclic) bond motifs is 3. The molecule has 0 aliphatic heterocycles. The molecular formula is C21H22N2O5. The highest BCUT2D eigenvalue weighted by molar-refractivity contribution is 6.08. The topological polar surface area (TPSA) is 97.6 Å². The van der Waals surface area contributed by atoms with Gasteiger partial charge in [0, 0.05) is 17.5 Å². The fourth-order valence-electron chi connectivity index (χ4n) is 2.91. The number of carbonyl (C=O) groups excluding carboxylic acids is 3. The minimum atomic E-state index is -0.541. The zero-order valence-electron chi connectivity index (χ0n) is 15.6. The lowest BCUT2D eigenvalue weighted by molar-refractivity contribution is -0.147. The molecule has 2 aromatic carbocycles. The maximum atomic E-state index is 12.2. The van der Waals surface area contributed by atoms with Gasteiger partial charge >= 0.3 is 5.97 Å². The van der Waals surface area contributed by atoms with E-state index in [0.717, 1.165) is 22.6 Å². The molecule has 7 heteroatoms. The van der Waals surface area contributed by atoms with Crippen LogP contribution in [0.1, 0.15) is 18.9 Å². The second-order valence-corrected chi connectivity index (χ2v) is 6.38. The number of esters is 1. The van der Waals surface area contributed by atoms with Crippen molar-refractivity contribution in [2.24, 2.45) is 0 Å². The third-order valence-corrected chi connectivity index (χ3v) is 4.26. The molecule has 0 atom stereocenters. The molecule has 1 aromatic heterocycles. The molecule has 146 valence electrons. The average Bonchev–Trinajstić information content (AvgIpc) is 3.12. The van der Waals surface area contributed by atoms with Gasteiger partial charge in [0.15, 0.2) is 6.61 Å². The van der Waals surface area contributed by atoms with Crippen molar-refractivity contribution in [2.75, 3.05) is 19.7 Å². The van der Waals surface area contributed by atoms with Crippen LogP contribution in [0.2, 0.25) is 0 Å². The van der Waals surface area contributed by atoms with Crippen LogP contribution in [0.15, 0.2) is 47.1 Å². The number of ether oxygens (including phenoxy) is 1. The van der Waals surface area contributed by atoms with Crippen LogP contribution in [0.4, 0.5) is 0 Å². The molecular weight excluding hydrogens is 360 g/mol. The largest absolute Gasteiger partial charge is 0.464 e. The summed E-state index contributed by atoms with van der Waals surface area (Å²) in [5, 5.41) is 7.96. The Bertz CT molecular complexity index is 1010. The maximum Gasteiger partial charge on any atom is 0.310 e. The number of carbonyl (C=O) groups is 3. The second kappa shape index (κ2) is 9.03. The lowest BCUT2D eigenvalue weighted by Gasteiger charge is -2.07. The van der Waals surface area contributed by atoms with Crippen molar-refractivity contribution >= 4 is 39.5 Å². The first-order chi connectivity index (χ1) is 13.6. The summed E-state index contributed by atoms with van der Waals surface area (Å²) in [5.41, 5.74) is 1.40. The Morgan fingerprint density at radius 2 is 1.86 bits per heavy atom. The first kappa shape index (κ1) is 19.4. The molecule has 7 nitrogen and oxygen atoms in total. The fourth-order valence-corrected chi connectivity index (χ4v) is 2.91. The summed E-state index contributed by atoms with van der Waals surface area (Å²) in [4.78, 5) is 35.3. The van der Waals surface area contributed by atoms with Gasteiger partial charge in [-0.3, -0.25) is 14.4 Å². The Hall–Kier alpha value is -3.35. The molecule has 0 spiro atoms. The molecule has 3 rings (SSSR count). The molecule has 0 bridgehead atoms. The van der Waals surface area contributed by atoms with Crippen LogP contribution >= 0.6 is 0 Å².